The maximum Gasteiger partial charge on any atom is 0.224 e. The van der Waals surface area contributed by atoms with Crippen LogP contribution < -0.4 is 5.32 Å². The Kier molecular flexibility index (Phi) is 4.66. The molecule has 0 saturated carbocycles. The van der Waals surface area contributed by atoms with Gasteiger partial charge in [0.2, 0.25) is 5.91 Å². The van der Waals surface area contributed by atoms with Crippen molar-refractivity contribution < 1.29 is 4.79 Å². The number of hydrogen-bond acceptors (Lipinski definition) is 3. The number of thiol groups is 1. The third kappa shape index (κ3) is 4.11. The first kappa shape index (κ1) is 14.2. The molecule has 1 aromatic carbocycles. The average molecular weight is 291 g/mol. The summed E-state index contributed by atoms with van der Waals surface area (Å²) >= 11 is 5.95. The summed E-state index contributed by atoms with van der Waals surface area (Å²) in [5.74, 6) is 0.0467. The molecule has 1 atom stereocenters. The third-order valence-corrected chi connectivity index (χ3v) is 4.35. The molecule has 0 aliphatic heterocycles. The monoisotopic (exact) mass is 291 g/mol. The Labute approximate surface area is 123 Å². The fraction of sp³-hybridized carbons (Fsp3) is 0.267. The molecule has 0 aliphatic carbocycles. The predicted molar refractivity (Wildman–Crippen MR) is 83.0 cm³/mol. The summed E-state index contributed by atoms with van der Waals surface area (Å²) in [4.78, 5) is 15.3. The molecule has 0 aliphatic rings. The van der Waals surface area contributed by atoms with Gasteiger partial charge in [-0.05, 0) is 43.7 Å². The second-order valence-corrected chi connectivity index (χ2v) is 6.42. The first-order chi connectivity index (χ1) is 9.04. The summed E-state index contributed by atoms with van der Waals surface area (Å²) < 4.78 is 0. The van der Waals surface area contributed by atoms with Crippen LogP contribution in [0.3, 0.4) is 0 Å². The lowest BCUT2D eigenvalue weighted by Gasteiger charge is -2.12. The molecule has 1 aromatic heterocycles. The van der Waals surface area contributed by atoms with E-state index in [0.717, 1.165) is 10.5 Å². The molecule has 0 spiro atoms. The second kappa shape index (κ2) is 6.26. The molecule has 1 unspecified atom stereocenters. The second-order valence-electron chi connectivity index (χ2n) is 4.58. The van der Waals surface area contributed by atoms with Crippen LogP contribution in [0, 0.1) is 6.92 Å². The molecule has 0 saturated heterocycles. The van der Waals surface area contributed by atoms with Gasteiger partial charge in [0.25, 0.3) is 0 Å². The van der Waals surface area contributed by atoms with E-state index in [9.17, 15) is 4.79 Å². The first-order valence-corrected chi connectivity index (χ1v) is 7.44. The van der Waals surface area contributed by atoms with Gasteiger partial charge in [-0.3, -0.25) is 4.79 Å². The van der Waals surface area contributed by atoms with E-state index in [1.807, 2.05) is 31.2 Å². The summed E-state index contributed by atoms with van der Waals surface area (Å²) in [5, 5.41) is 3.02. The number of carbonyl (C=O) groups excluding carboxylic acids is 1. The normalized spacial score (nSPS) is 12.2. The minimum absolute atomic E-state index is 0.0467. The molecule has 2 rings (SSSR count). The Morgan fingerprint density at radius 2 is 1.95 bits per heavy atom. The maximum absolute atomic E-state index is 12.0. The number of aryl methyl sites for hydroxylation is 1. The van der Waals surface area contributed by atoms with Crippen molar-refractivity contribution in [3.05, 3.63) is 51.7 Å². The number of rotatable bonds is 4. The van der Waals surface area contributed by atoms with E-state index in [1.165, 1.54) is 9.75 Å². The summed E-state index contributed by atoms with van der Waals surface area (Å²) in [6.45, 7) is 4.09. The number of benzene rings is 1. The minimum Gasteiger partial charge on any atom is -0.348 e. The lowest BCUT2D eigenvalue weighted by Crippen LogP contribution is -2.27. The number of amides is 1. The Morgan fingerprint density at radius 3 is 2.53 bits per heavy atom. The lowest BCUT2D eigenvalue weighted by atomic mass is 10.1. The van der Waals surface area contributed by atoms with Crippen molar-refractivity contribution in [2.24, 2.45) is 0 Å². The van der Waals surface area contributed by atoms with Crippen LogP contribution in [-0.2, 0) is 11.2 Å². The van der Waals surface area contributed by atoms with Crippen LogP contribution >= 0.6 is 24.0 Å². The molecule has 1 heterocycles. The standard InChI is InChI=1S/C15H17NOS2/c1-10-3-8-14(19-10)11(2)16-15(17)9-12-4-6-13(18)7-5-12/h3-8,11,18H,9H2,1-2H3,(H,16,17). The summed E-state index contributed by atoms with van der Waals surface area (Å²) in [7, 11) is 0. The van der Waals surface area contributed by atoms with E-state index in [-0.39, 0.29) is 11.9 Å². The minimum atomic E-state index is 0.0467. The van der Waals surface area contributed by atoms with Gasteiger partial charge in [0.1, 0.15) is 0 Å². The highest BCUT2D eigenvalue weighted by Gasteiger charge is 2.11. The summed E-state index contributed by atoms with van der Waals surface area (Å²) in [6.07, 6.45) is 0.406. The third-order valence-electron chi connectivity index (χ3n) is 2.87. The molecule has 1 N–H and O–H groups in total. The zero-order chi connectivity index (χ0) is 13.8. The Balaban J connectivity index is 1.92. The van der Waals surface area contributed by atoms with Crippen molar-refractivity contribution in [3.8, 4) is 0 Å². The number of thiophene rings is 1. The fourth-order valence-electron chi connectivity index (χ4n) is 1.85. The lowest BCUT2D eigenvalue weighted by molar-refractivity contribution is -0.121. The van der Waals surface area contributed by atoms with Crippen LogP contribution in [0.1, 0.15) is 28.3 Å². The van der Waals surface area contributed by atoms with Gasteiger partial charge >= 0.3 is 0 Å². The predicted octanol–water partition coefficient (Wildman–Crippen LogP) is 3.77. The Morgan fingerprint density at radius 1 is 1.26 bits per heavy atom. The van der Waals surface area contributed by atoms with Gasteiger partial charge in [-0.2, -0.15) is 0 Å². The number of hydrogen-bond donors (Lipinski definition) is 2. The van der Waals surface area contributed by atoms with Gasteiger partial charge in [-0.15, -0.1) is 24.0 Å². The molecule has 19 heavy (non-hydrogen) atoms. The quantitative estimate of drug-likeness (QED) is 0.825. The molecular formula is C15H17NOS2. The zero-order valence-electron chi connectivity index (χ0n) is 11.0. The largest absolute Gasteiger partial charge is 0.348 e. The Bertz CT molecular complexity index is 560. The van der Waals surface area contributed by atoms with E-state index >= 15 is 0 Å². The van der Waals surface area contributed by atoms with Crippen molar-refractivity contribution in [1.29, 1.82) is 0 Å². The van der Waals surface area contributed by atoms with E-state index in [2.05, 4.69) is 37.0 Å². The van der Waals surface area contributed by atoms with Gasteiger partial charge in [-0.1, -0.05) is 12.1 Å². The van der Waals surface area contributed by atoms with Crippen molar-refractivity contribution in [2.45, 2.75) is 31.2 Å². The van der Waals surface area contributed by atoms with Gasteiger partial charge in [0.05, 0.1) is 12.5 Å². The average Bonchev–Trinajstić information content (AvgIpc) is 2.79. The van der Waals surface area contributed by atoms with E-state index in [4.69, 9.17) is 0 Å². The maximum atomic E-state index is 12.0. The molecule has 100 valence electrons. The van der Waals surface area contributed by atoms with E-state index in [1.54, 1.807) is 11.3 Å². The highest BCUT2D eigenvalue weighted by molar-refractivity contribution is 7.80. The topological polar surface area (TPSA) is 29.1 Å². The van der Waals surface area contributed by atoms with Crippen LogP contribution in [0.15, 0.2) is 41.3 Å². The van der Waals surface area contributed by atoms with Gasteiger partial charge in [0.15, 0.2) is 0 Å². The van der Waals surface area contributed by atoms with Crippen molar-refractivity contribution in [1.82, 2.24) is 5.32 Å². The van der Waals surface area contributed by atoms with Crippen LogP contribution in [0.25, 0.3) is 0 Å². The van der Waals surface area contributed by atoms with E-state index < -0.39 is 0 Å². The smallest absolute Gasteiger partial charge is 0.224 e. The van der Waals surface area contributed by atoms with Crippen LogP contribution in [0.4, 0.5) is 0 Å². The zero-order valence-corrected chi connectivity index (χ0v) is 12.7. The fourth-order valence-corrected chi connectivity index (χ4v) is 2.88. The molecule has 2 aromatic rings. The SMILES string of the molecule is Cc1ccc(C(C)NC(=O)Cc2ccc(S)cc2)s1. The number of carbonyl (C=O) groups is 1. The highest BCUT2D eigenvalue weighted by atomic mass is 32.1. The molecule has 0 fully saturated rings. The summed E-state index contributed by atoms with van der Waals surface area (Å²) in [6, 6.07) is 11.9. The Hall–Kier alpha value is -1.26. The first-order valence-electron chi connectivity index (χ1n) is 6.18. The van der Waals surface area contributed by atoms with Crippen LogP contribution in [-0.4, -0.2) is 5.91 Å². The molecule has 4 heteroatoms. The summed E-state index contributed by atoms with van der Waals surface area (Å²) in [5.41, 5.74) is 1.00. The molecule has 0 radical (unpaired) electrons. The molecule has 1 amide bonds. The van der Waals surface area contributed by atoms with Crippen molar-refractivity contribution >= 4 is 29.9 Å². The van der Waals surface area contributed by atoms with Gasteiger partial charge in [0, 0.05) is 14.6 Å². The van der Waals surface area contributed by atoms with Crippen LogP contribution in [0.2, 0.25) is 0 Å². The molecular weight excluding hydrogens is 274 g/mol. The van der Waals surface area contributed by atoms with Crippen molar-refractivity contribution in [3.63, 3.8) is 0 Å². The van der Waals surface area contributed by atoms with Gasteiger partial charge in [-0.25, -0.2) is 0 Å². The highest BCUT2D eigenvalue weighted by Crippen LogP contribution is 2.22. The van der Waals surface area contributed by atoms with E-state index in [0.29, 0.717) is 6.42 Å². The molecule has 2 nitrogen and oxygen atoms in total. The number of nitrogens with one attached hydrogen (secondary N) is 1. The molecule has 0 bridgehead atoms. The van der Waals surface area contributed by atoms with Gasteiger partial charge < -0.3 is 5.32 Å². The van der Waals surface area contributed by atoms with Crippen molar-refractivity contribution in [2.75, 3.05) is 0 Å². The van der Waals surface area contributed by atoms with Crippen LogP contribution in [0.5, 0.6) is 0 Å².